The molecule has 0 saturated carbocycles. The number of carbonyl (C=O) groups is 1. The summed E-state index contributed by atoms with van der Waals surface area (Å²) >= 11 is 10.8. The Morgan fingerprint density at radius 1 is 1.10 bits per heavy atom. The molecule has 0 aliphatic carbocycles. The molecule has 1 heterocycles. The van der Waals surface area contributed by atoms with E-state index in [1.807, 2.05) is 29.2 Å². The van der Waals surface area contributed by atoms with Crippen molar-refractivity contribution in [2.24, 2.45) is 0 Å². The maximum absolute atomic E-state index is 13.2. The lowest BCUT2D eigenvalue weighted by Gasteiger charge is -2.24. The Kier molecular flexibility index (Phi) is 8.89. The van der Waals surface area contributed by atoms with Crippen molar-refractivity contribution in [3.05, 3.63) is 47.5 Å². The van der Waals surface area contributed by atoms with E-state index in [0.717, 1.165) is 44.8 Å². The van der Waals surface area contributed by atoms with Gasteiger partial charge in [-0.2, -0.15) is 0 Å². The number of thioether (sulfide) groups is 2. The van der Waals surface area contributed by atoms with E-state index in [0.29, 0.717) is 17.3 Å². The van der Waals surface area contributed by atoms with Crippen LogP contribution in [0.3, 0.4) is 0 Å². The molecule has 0 bridgehead atoms. The Hall–Kier alpha value is -1.25. The van der Waals surface area contributed by atoms with Gasteiger partial charge < -0.3 is 4.90 Å². The molecule has 0 aliphatic rings. The molecule has 2 aromatic carbocycles. The molecule has 4 nitrogen and oxygen atoms in total. The molecule has 1 amide bonds. The molecular formula is C22H26ClN3OS3. The second kappa shape index (κ2) is 11.4. The Morgan fingerprint density at radius 2 is 1.83 bits per heavy atom. The van der Waals surface area contributed by atoms with Gasteiger partial charge in [0.1, 0.15) is 0 Å². The summed E-state index contributed by atoms with van der Waals surface area (Å²) in [5, 5.41) is 1.48. The van der Waals surface area contributed by atoms with E-state index in [1.54, 1.807) is 23.1 Å². The van der Waals surface area contributed by atoms with E-state index in [2.05, 4.69) is 43.2 Å². The van der Waals surface area contributed by atoms with Crippen molar-refractivity contribution in [2.75, 3.05) is 43.1 Å². The van der Waals surface area contributed by atoms with Crippen LogP contribution in [0, 0.1) is 0 Å². The summed E-state index contributed by atoms with van der Waals surface area (Å²) in [5.74, 6) is 0.442. The van der Waals surface area contributed by atoms with Gasteiger partial charge >= 0.3 is 0 Å². The summed E-state index contributed by atoms with van der Waals surface area (Å²) < 4.78 is 1.11. The molecule has 3 rings (SSSR count). The standard InChI is InChI=1S/C22H26ClN3OS3/c1-4-25(5-2)13-14-26(20(27)15-29-17-11-9-16(23)10-12-17)22-24-21-18(28-3)7-6-8-19(21)30-22/h6-12H,4-5,13-15H2,1-3H3. The second-order valence-electron chi connectivity index (χ2n) is 6.62. The first-order valence-corrected chi connectivity index (χ1v) is 13.3. The number of likely N-dealkylation sites (N-methyl/N-ethyl adjacent to an activating group) is 1. The number of carbonyl (C=O) groups excluding carboxylic acids is 1. The van der Waals surface area contributed by atoms with Gasteiger partial charge in [0.15, 0.2) is 5.13 Å². The van der Waals surface area contributed by atoms with Crippen molar-refractivity contribution in [2.45, 2.75) is 23.6 Å². The monoisotopic (exact) mass is 479 g/mol. The number of anilines is 1. The highest BCUT2D eigenvalue weighted by atomic mass is 35.5. The van der Waals surface area contributed by atoms with Crippen LogP contribution >= 0.6 is 46.5 Å². The number of nitrogens with zero attached hydrogens (tertiary/aromatic N) is 3. The SMILES string of the molecule is CCN(CC)CCN(C(=O)CSc1ccc(Cl)cc1)c1nc2c(SC)cccc2s1. The molecule has 1 aromatic heterocycles. The van der Waals surface area contributed by atoms with E-state index in [9.17, 15) is 4.79 Å². The van der Waals surface area contributed by atoms with Gasteiger partial charge in [0, 0.05) is 27.9 Å². The van der Waals surface area contributed by atoms with Gasteiger partial charge in [0.2, 0.25) is 5.91 Å². The molecule has 0 spiro atoms. The zero-order valence-corrected chi connectivity index (χ0v) is 20.6. The Morgan fingerprint density at radius 3 is 2.50 bits per heavy atom. The normalized spacial score (nSPS) is 11.4. The van der Waals surface area contributed by atoms with Crippen molar-refractivity contribution >= 4 is 67.7 Å². The van der Waals surface area contributed by atoms with E-state index in [-0.39, 0.29) is 5.91 Å². The number of benzene rings is 2. The molecule has 3 aromatic rings. The number of rotatable bonds is 10. The molecule has 0 radical (unpaired) electrons. The van der Waals surface area contributed by atoms with Crippen LogP contribution in [0.1, 0.15) is 13.8 Å². The maximum atomic E-state index is 13.2. The smallest absolute Gasteiger partial charge is 0.239 e. The Labute approximate surface area is 196 Å². The van der Waals surface area contributed by atoms with Crippen molar-refractivity contribution < 1.29 is 4.79 Å². The predicted octanol–water partition coefficient (Wildman–Crippen LogP) is 6.14. The third-order valence-electron chi connectivity index (χ3n) is 4.83. The van der Waals surface area contributed by atoms with Crippen molar-refractivity contribution in [3.63, 3.8) is 0 Å². The fourth-order valence-corrected chi connectivity index (χ4v) is 5.62. The van der Waals surface area contributed by atoms with Crippen LogP contribution in [0.25, 0.3) is 10.2 Å². The minimum absolute atomic E-state index is 0.0758. The third-order valence-corrected chi connectivity index (χ3v) is 7.89. The van der Waals surface area contributed by atoms with Gasteiger partial charge in [-0.15, -0.1) is 23.5 Å². The molecule has 8 heteroatoms. The van der Waals surface area contributed by atoms with Crippen LogP contribution in [0.4, 0.5) is 5.13 Å². The van der Waals surface area contributed by atoms with Crippen LogP contribution in [-0.4, -0.2) is 54.0 Å². The molecule has 0 unspecified atom stereocenters. The average Bonchev–Trinajstić information content (AvgIpc) is 3.20. The zero-order valence-electron chi connectivity index (χ0n) is 17.4. The first kappa shape index (κ1) is 23.4. The van der Waals surface area contributed by atoms with E-state index >= 15 is 0 Å². The lowest BCUT2D eigenvalue weighted by Crippen LogP contribution is -2.39. The molecule has 0 aliphatic heterocycles. The minimum atomic E-state index is 0.0758. The summed E-state index contributed by atoms with van der Waals surface area (Å²) in [5.41, 5.74) is 0.982. The van der Waals surface area contributed by atoms with E-state index in [1.165, 1.54) is 11.8 Å². The van der Waals surface area contributed by atoms with Crippen LogP contribution in [0.15, 0.2) is 52.3 Å². The van der Waals surface area contributed by atoms with Crippen molar-refractivity contribution in [1.82, 2.24) is 9.88 Å². The number of hydrogen-bond donors (Lipinski definition) is 0. The first-order valence-electron chi connectivity index (χ1n) is 9.90. The Balaban J connectivity index is 1.82. The summed E-state index contributed by atoms with van der Waals surface area (Å²) in [6.07, 6.45) is 2.06. The van der Waals surface area contributed by atoms with Crippen molar-refractivity contribution in [3.8, 4) is 0 Å². The van der Waals surface area contributed by atoms with Gasteiger partial charge in [-0.05, 0) is 55.7 Å². The summed E-state index contributed by atoms with van der Waals surface area (Å²) in [6, 6.07) is 13.8. The van der Waals surface area contributed by atoms with Gasteiger partial charge in [0.05, 0.1) is 16.0 Å². The van der Waals surface area contributed by atoms with Gasteiger partial charge in [-0.25, -0.2) is 4.98 Å². The largest absolute Gasteiger partial charge is 0.302 e. The summed E-state index contributed by atoms with van der Waals surface area (Å²) in [4.78, 5) is 24.4. The molecule has 0 N–H and O–H groups in total. The highest BCUT2D eigenvalue weighted by molar-refractivity contribution is 8.00. The van der Waals surface area contributed by atoms with Gasteiger partial charge in [-0.3, -0.25) is 9.69 Å². The van der Waals surface area contributed by atoms with Crippen LogP contribution in [0.2, 0.25) is 5.02 Å². The molecule has 0 fully saturated rings. The molecule has 0 atom stereocenters. The van der Waals surface area contributed by atoms with E-state index in [4.69, 9.17) is 16.6 Å². The second-order valence-corrected chi connectivity index (χ2v) is 9.96. The average molecular weight is 480 g/mol. The molecule has 0 saturated heterocycles. The number of aromatic nitrogens is 1. The van der Waals surface area contributed by atoms with Crippen LogP contribution < -0.4 is 4.90 Å². The predicted molar refractivity (Wildman–Crippen MR) is 134 cm³/mol. The number of halogens is 1. The molecule has 160 valence electrons. The third kappa shape index (κ3) is 5.92. The minimum Gasteiger partial charge on any atom is -0.302 e. The lowest BCUT2D eigenvalue weighted by atomic mass is 10.3. The van der Waals surface area contributed by atoms with Crippen molar-refractivity contribution in [1.29, 1.82) is 0 Å². The lowest BCUT2D eigenvalue weighted by molar-refractivity contribution is -0.116. The summed E-state index contributed by atoms with van der Waals surface area (Å²) in [7, 11) is 0. The summed E-state index contributed by atoms with van der Waals surface area (Å²) in [6.45, 7) is 7.69. The van der Waals surface area contributed by atoms with Crippen LogP contribution in [-0.2, 0) is 4.79 Å². The number of thiazole rings is 1. The van der Waals surface area contributed by atoms with Gasteiger partial charge in [0.25, 0.3) is 0 Å². The number of para-hydroxylation sites is 1. The highest BCUT2D eigenvalue weighted by Crippen LogP contribution is 2.34. The zero-order chi connectivity index (χ0) is 21.5. The Bertz CT molecular complexity index is 973. The first-order chi connectivity index (χ1) is 14.5. The van der Waals surface area contributed by atoms with Gasteiger partial charge in [-0.1, -0.05) is 42.9 Å². The van der Waals surface area contributed by atoms with Crippen LogP contribution in [0.5, 0.6) is 0 Å². The molecular weight excluding hydrogens is 454 g/mol. The number of hydrogen-bond acceptors (Lipinski definition) is 6. The fraction of sp³-hybridized carbons (Fsp3) is 0.364. The van der Waals surface area contributed by atoms with E-state index < -0.39 is 0 Å². The highest BCUT2D eigenvalue weighted by Gasteiger charge is 2.21. The molecule has 30 heavy (non-hydrogen) atoms. The number of amides is 1. The maximum Gasteiger partial charge on any atom is 0.239 e. The number of fused-ring (bicyclic) bond motifs is 1. The quantitative estimate of drug-likeness (QED) is 0.326. The topological polar surface area (TPSA) is 36.4 Å². The fourth-order valence-electron chi connectivity index (χ4n) is 3.05.